The van der Waals surface area contributed by atoms with Crippen LogP contribution in [0.4, 0.5) is 0 Å². The molecule has 0 amide bonds. The Bertz CT molecular complexity index is 891. The Kier molecular flexibility index (Phi) is 5.96. The maximum atomic E-state index is 11.9. The summed E-state index contributed by atoms with van der Waals surface area (Å²) >= 11 is 0. The normalized spacial score (nSPS) is 52.5. The van der Waals surface area contributed by atoms with Gasteiger partial charge in [0.25, 0.3) is 0 Å². The maximum absolute atomic E-state index is 11.9. The van der Waals surface area contributed by atoms with E-state index < -0.39 is 0 Å². The quantitative estimate of drug-likeness (QED) is 0.332. The zero-order valence-corrected chi connectivity index (χ0v) is 23.7. The third-order valence-corrected chi connectivity index (χ3v) is 13.8. The van der Waals surface area contributed by atoms with Gasteiger partial charge < -0.3 is 9.84 Å². The number of carbonyl (C=O) groups is 1. The Morgan fingerprint density at radius 3 is 2.23 bits per heavy atom. The van der Waals surface area contributed by atoms with Crippen LogP contribution >= 0.6 is 0 Å². The van der Waals surface area contributed by atoms with Crippen LogP contribution in [0.1, 0.15) is 113 Å². The first-order chi connectivity index (χ1) is 16.2. The van der Waals surface area contributed by atoms with E-state index in [4.69, 9.17) is 4.74 Å². The van der Waals surface area contributed by atoms with Gasteiger partial charge in [0.2, 0.25) is 0 Å². The van der Waals surface area contributed by atoms with Crippen molar-refractivity contribution in [1.82, 2.24) is 0 Å². The van der Waals surface area contributed by atoms with Crippen LogP contribution in [0.3, 0.4) is 0 Å². The molecule has 0 radical (unpaired) electrons. The minimum absolute atomic E-state index is 0.00826. The molecule has 0 heterocycles. The van der Waals surface area contributed by atoms with E-state index in [-0.39, 0.29) is 22.9 Å². The van der Waals surface area contributed by atoms with Crippen molar-refractivity contribution in [1.29, 1.82) is 0 Å². The van der Waals surface area contributed by atoms with E-state index >= 15 is 0 Å². The average Bonchev–Trinajstić information content (AvgIpc) is 3.16. The summed E-state index contributed by atoms with van der Waals surface area (Å²) in [5.41, 5.74) is 2.45. The third-order valence-electron chi connectivity index (χ3n) is 13.8. The molecular formula is C32H52O3. The van der Waals surface area contributed by atoms with Crippen molar-refractivity contribution in [3.8, 4) is 0 Å². The summed E-state index contributed by atoms with van der Waals surface area (Å²) in [6, 6.07) is 0. The number of carbonyl (C=O) groups excluding carboxylic acids is 1. The lowest BCUT2D eigenvalue weighted by Gasteiger charge is -2.73. The summed E-state index contributed by atoms with van der Waals surface area (Å²) in [5.74, 6) is 3.04. The third kappa shape index (κ3) is 3.34. The molecule has 0 saturated heterocycles. The van der Waals surface area contributed by atoms with Crippen LogP contribution in [0.15, 0.2) is 12.2 Å². The zero-order chi connectivity index (χ0) is 25.6. The fourth-order valence-corrected chi connectivity index (χ4v) is 11.8. The number of hydrogen-bond donors (Lipinski definition) is 1. The topological polar surface area (TPSA) is 46.5 Å². The van der Waals surface area contributed by atoms with Crippen molar-refractivity contribution >= 4 is 5.97 Å². The van der Waals surface area contributed by atoms with Gasteiger partial charge in [-0.05, 0) is 122 Å². The summed E-state index contributed by atoms with van der Waals surface area (Å²) in [5, 5.41) is 10.9. The number of aliphatic hydroxyl groups excluding tert-OH is 1. The molecule has 198 valence electrons. The number of aliphatic hydroxyl groups is 1. The molecule has 5 saturated carbocycles. The van der Waals surface area contributed by atoms with Gasteiger partial charge in [0.15, 0.2) is 0 Å². The zero-order valence-electron chi connectivity index (χ0n) is 23.7. The number of allylic oxidation sites excluding steroid dienone is 1. The number of fused-ring (bicyclic) bond motifs is 7. The van der Waals surface area contributed by atoms with Gasteiger partial charge in [-0.25, -0.2) is 0 Å². The van der Waals surface area contributed by atoms with E-state index in [0.717, 1.165) is 12.3 Å². The fraction of sp³-hybridized carbons (Fsp3) is 0.906. The molecule has 0 aromatic heterocycles. The summed E-state index contributed by atoms with van der Waals surface area (Å²) in [4.78, 5) is 11.9. The summed E-state index contributed by atoms with van der Waals surface area (Å²) in [6.45, 7) is 21.5. The predicted molar refractivity (Wildman–Crippen MR) is 142 cm³/mol. The molecule has 0 aliphatic heterocycles. The van der Waals surface area contributed by atoms with E-state index in [9.17, 15) is 9.90 Å². The Balaban J connectivity index is 1.53. The summed E-state index contributed by atoms with van der Waals surface area (Å²) in [7, 11) is 0. The number of hydrogen-bond acceptors (Lipinski definition) is 3. The second-order valence-corrected chi connectivity index (χ2v) is 15.2. The molecule has 3 nitrogen and oxygen atoms in total. The minimum Gasteiger partial charge on any atom is -0.465 e. The summed E-state index contributed by atoms with van der Waals surface area (Å²) < 4.78 is 5.79. The van der Waals surface area contributed by atoms with Crippen molar-refractivity contribution in [2.24, 2.45) is 56.7 Å². The van der Waals surface area contributed by atoms with Crippen LogP contribution in [-0.2, 0) is 9.53 Å². The van der Waals surface area contributed by atoms with E-state index in [0.29, 0.717) is 46.5 Å². The van der Waals surface area contributed by atoms with Crippen LogP contribution in [0.2, 0.25) is 0 Å². The molecule has 5 fully saturated rings. The number of esters is 1. The van der Waals surface area contributed by atoms with Crippen molar-refractivity contribution in [3.05, 3.63) is 12.2 Å². The summed E-state index contributed by atoms with van der Waals surface area (Å²) in [6.07, 6.45) is 12.0. The van der Waals surface area contributed by atoms with Crippen LogP contribution in [-0.4, -0.2) is 23.8 Å². The van der Waals surface area contributed by atoms with E-state index in [2.05, 4.69) is 48.1 Å². The van der Waals surface area contributed by atoms with Crippen molar-refractivity contribution in [3.63, 3.8) is 0 Å². The molecule has 5 aliphatic rings. The average molecular weight is 485 g/mol. The fourth-order valence-electron chi connectivity index (χ4n) is 11.8. The van der Waals surface area contributed by atoms with Crippen molar-refractivity contribution < 1.29 is 14.6 Å². The number of ether oxygens (including phenoxy) is 1. The lowest BCUT2D eigenvalue weighted by molar-refractivity contribution is -0.249. The Labute approximate surface area is 214 Å². The molecule has 10 atom stereocenters. The lowest BCUT2D eigenvalue weighted by atomic mass is 9.32. The minimum atomic E-state index is -0.164. The number of rotatable bonds is 3. The lowest BCUT2D eigenvalue weighted by Crippen LogP contribution is -2.66. The SMILES string of the molecule is C=C(C)[C@@H]1CC[C@]2(COC(C)=O)CC[C@]3(C)[C@H](CCC4[C@@]5(C)CC[C@@H](O)C(C)(C)C5CC[C@]43C)C12. The smallest absolute Gasteiger partial charge is 0.302 e. The standard InChI is InChI=1S/C32H52O3/c1-20(2)22-11-16-32(19-35-21(3)33)18-17-30(7)23(27(22)32)9-10-25-29(6)14-13-26(34)28(4,5)24(29)12-15-31(25,30)8/h22-27,34H,1,9-19H2,2-8H3/t22-,23+,24?,25?,26+,27?,29-,30+,31+,32+/m0/s1. The van der Waals surface area contributed by atoms with E-state index in [1.54, 1.807) is 6.92 Å². The van der Waals surface area contributed by atoms with Crippen molar-refractivity contribution in [2.75, 3.05) is 6.61 Å². The molecule has 0 bridgehead atoms. The molecular weight excluding hydrogens is 432 g/mol. The highest BCUT2D eigenvalue weighted by Gasteiger charge is 2.70. The molecule has 1 N–H and O–H groups in total. The first-order valence-electron chi connectivity index (χ1n) is 14.7. The van der Waals surface area contributed by atoms with Gasteiger partial charge in [-0.2, -0.15) is 0 Å². The molecule has 3 heteroatoms. The molecule has 35 heavy (non-hydrogen) atoms. The second-order valence-electron chi connectivity index (χ2n) is 15.2. The monoisotopic (exact) mass is 484 g/mol. The highest BCUT2D eigenvalue weighted by molar-refractivity contribution is 5.65. The molecule has 5 rings (SSSR count). The van der Waals surface area contributed by atoms with Gasteiger partial charge in [-0.15, -0.1) is 0 Å². The molecule has 0 spiro atoms. The molecule has 0 aromatic rings. The predicted octanol–water partition coefficient (Wildman–Crippen LogP) is 7.57. The molecule has 3 unspecified atom stereocenters. The van der Waals surface area contributed by atoms with Crippen LogP contribution in [0.25, 0.3) is 0 Å². The first kappa shape index (κ1) is 25.8. The van der Waals surface area contributed by atoms with Crippen molar-refractivity contribution in [2.45, 2.75) is 119 Å². The van der Waals surface area contributed by atoms with Gasteiger partial charge in [-0.1, -0.05) is 46.8 Å². The first-order valence-corrected chi connectivity index (χ1v) is 14.7. The molecule has 0 aromatic carbocycles. The Morgan fingerprint density at radius 2 is 1.57 bits per heavy atom. The van der Waals surface area contributed by atoms with E-state index in [1.807, 2.05) is 0 Å². The van der Waals surface area contributed by atoms with Gasteiger partial charge in [0, 0.05) is 12.3 Å². The van der Waals surface area contributed by atoms with Crippen LogP contribution < -0.4 is 0 Å². The van der Waals surface area contributed by atoms with Gasteiger partial charge in [0.05, 0.1) is 12.7 Å². The van der Waals surface area contributed by atoms with Gasteiger partial charge >= 0.3 is 5.97 Å². The van der Waals surface area contributed by atoms with E-state index in [1.165, 1.54) is 63.4 Å². The van der Waals surface area contributed by atoms with Crippen LogP contribution in [0, 0.1) is 56.7 Å². The molecule has 5 aliphatic carbocycles. The second kappa shape index (κ2) is 8.08. The Morgan fingerprint density at radius 1 is 0.857 bits per heavy atom. The Hall–Kier alpha value is -0.830. The highest BCUT2D eigenvalue weighted by Crippen LogP contribution is 2.77. The van der Waals surface area contributed by atoms with Gasteiger partial charge in [-0.3, -0.25) is 4.79 Å². The van der Waals surface area contributed by atoms with Gasteiger partial charge in [0.1, 0.15) is 0 Å². The maximum Gasteiger partial charge on any atom is 0.302 e. The highest BCUT2D eigenvalue weighted by atomic mass is 16.5. The van der Waals surface area contributed by atoms with Crippen LogP contribution in [0.5, 0.6) is 0 Å². The largest absolute Gasteiger partial charge is 0.465 e.